The molecule has 0 spiro atoms. The van der Waals surface area contributed by atoms with Gasteiger partial charge in [-0.2, -0.15) is 0 Å². The van der Waals surface area contributed by atoms with Crippen LogP contribution in [-0.2, 0) is 4.74 Å². The van der Waals surface area contributed by atoms with E-state index < -0.39 is 0 Å². The average molecular weight is 270 g/mol. The van der Waals surface area contributed by atoms with Crippen molar-refractivity contribution in [3.8, 4) is 0 Å². The van der Waals surface area contributed by atoms with Crippen LogP contribution in [0.2, 0.25) is 0 Å². The van der Waals surface area contributed by atoms with Crippen LogP contribution >= 0.6 is 0 Å². The number of nitrogens with two attached hydrogens (primary N) is 1. The first-order valence-corrected chi connectivity index (χ1v) is 8.04. The minimum atomic E-state index is -0.0598. The molecule has 0 aliphatic heterocycles. The molecule has 0 aromatic carbocycles. The van der Waals surface area contributed by atoms with Gasteiger partial charge in [0.25, 0.3) is 0 Å². The second-order valence-corrected chi connectivity index (χ2v) is 6.88. The molecule has 0 bridgehead atoms. The van der Waals surface area contributed by atoms with Gasteiger partial charge in [0, 0.05) is 6.61 Å². The number of rotatable bonds is 7. The quantitative estimate of drug-likeness (QED) is 0.548. The van der Waals surface area contributed by atoms with Gasteiger partial charge in [0.2, 0.25) is 0 Å². The number of hydrogen-bond acceptors (Lipinski definition) is 3. The molecular formula is C16H34N2O. The maximum Gasteiger partial charge on any atom is 0.0851 e. The molecule has 1 atom stereocenters. The smallest absolute Gasteiger partial charge is 0.0851 e. The molecule has 0 amide bonds. The van der Waals surface area contributed by atoms with E-state index in [9.17, 15) is 0 Å². The van der Waals surface area contributed by atoms with E-state index in [0.717, 1.165) is 32.3 Å². The van der Waals surface area contributed by atoms with Crippen LogP contribution in [0.15, 0.2) is 0 Å². The van der Waals surface area contributed by atoms with Crippen molar-refractivity contribution < 1.29 is 4.74 Å². The molecule has 1 unspecified atom stereocenters. The molecule has 114 valence electrons. The highest BCUT2D eigenvalue weighted by atomic mass is 16.5. The Balaban J connectivity index is 2.91. The van der Waals surface area contributed by atoms with Gasteiger partial charge in [-0.15, -0.1) is 0 Å². The van der Waals surface area contributed by atoms with Crippen LogP contribution in [0.5, 0.6) is 0 Å². The summed E-state index contributed by atoms with van der Waals surface area (Å²) in [5, 5.41) is 0. The van der Waals surface area contributed by atoms with E-state index in [1.165, 1.54) is 12.8 Å². The summed E-state index contributed by atoms with van der Waals surface area (Å²) in [4.78, 5) is 0. The zero-order chi connectivity index (χ0) is 14.5. The molecule has 3 heteroatoms. The molecule has 1 saturated carbocycles. The summed E-state index contributed by atoms with van der Waals surface area (Å²) in [5.41, 5.74) is 3.49. The second kappa shape index (κ2) is 7.05. The van der Waals surface area contributed by atoms with E-state index in [1.807, 2.05) is 0 Å². The van der Waals surface area contributed by atoms with Crippen molar-refractivity contribution in [1.29, 1.82) is 0 Å². The third-order valence-electron chi connectivity index (χ3n) is 5.15. The molecule has 0 radical (unpaired) electrons. The van der Waals surface area contributed by atoms with E-state index in [4.69, 9.17) is 10.6 Å². The minimum absolute atomic E-state index is 0.0598. The van der Waals surface area contributed by atoms with Crippen molar-refractivity contribution in [2.24, 2.45) is 17.2 Å². The van der Waals surface area contributed by atoms with Gasteiger partial charge in [0.15, 0.2) is 0 Å². The highest BCUT2D eigenvalue weighted by Gasteiger charge is 2.46. The molecule has 1 fully saturated rings. The van der Waals surface area contributed by atoms with Gasteiger partial charge >= 0.3 is 0 Å². The maximum absolute atomic E-state index is 6.26. The summed E-state index contributed by atoms with van der Waals surface area (Å²) in [6, 6.07) is 0.276. The molecule has 0 heterocycles. The largest absolute Gasteiger partial charge is 0.374 e. The molecule has 1 aliphatic rings. The van der Waals surface area contributed by atoms with Gasteiger partial charge in [-0.3, -0.25) is 11.3 Å². The van der Waals surface area contributed by atoms with E-state index in [-0.39, 0.29) is 11.6 Å². The van der Waals surface area contributed by atoms with Gasteiger partial charge in [-0.1, -0.05) is 40.5 Å². The summed E-state index contributed by atoms with van der Waals surface area (Å²) in [6.07, 6.45) is 7.02. The van der Waals surface area contributed by atoms with Crippen LogP contribution in [0.3, 0.4) is 0 Å². The van der Waals surface area contributed by atoms with Crippen molar-refractivity contribution in [2.75, 3.05) is 6.61 Å². The number of hydrazine groups is 1. The van der Waals surface area contributed by atoms with Crippen molar-refractivity contribution in [3.05, 3.63) is 0 Å². The Morgan fingerprint density at radius 2 is 1.58 bits per heavy atom. The molecule has 1 rings (SSSR count). The molecule has 0 saturated heterocycles. The summed E-state index contributed by atoms with van der Waals surface area (Å²) in [5.74, 6) is 6.50. The lowest BCUT2D eigenvalue weighted by Gasteiger charge is -2.49. The van der Waals surface area contributed by atoms with Crippen LogP contribution in [0.25, 0.3) is 0 Å². The Morgan fingerprint density at radius 1 is 1.05 bits per heavy atom. The Morgan fingerprint density at radius 3 is 1.95 bits per heavy atom. The number of nitrogens with one attached hydrogen (secondary N) is 1. The Hall–Kier alpha value is -0.120. The van der Waals surface area contributed by atoms with Crippen molar-refractivity contribution in [2.45, 2.75) is 84.8 Å². The van der Waals surface area contributed by atoms with E-state index in [0.29, 0.717) is 11.3 Å². The molecule has 0 aromatic heterocycles. The third kappa shape index (κ3) is 3.93. The van der Waals surface area contributed by atoms with Crippen LogP contribution in [-0.4, -0.2) is 18.2 Å². The lowest BCUT2D eigenvalue weighted by molar-refractivity contribution is -0.118. The summed E-state index contributed by atoms with van der Waals surface area (Å²) < 4.78 is 6.26. The second-order valence-electron chi connectivity index (χ2n) is 6.88. The minimum Gasteiger partial charge on any atom is -0.374 e. The zero-order valence-corrected chi connectivity index (χ0v) is 13.6. The zero-order valence-electron chi connectivity index (χ0n) is 13.6. The fourth-order valence-electron chi connectivity index (χ4n) is 3.66. The van der Waals surface area contributed by atoms with Gasteiger partial charge in [0.1, 0.15) is 0 Å². The number of ether oxygens (including phenoxy) is 1. The first kappa shape index (κ1) is 16.9. The van der Waals surface area contributed by atoms with E-state index in [1.54, 1.807) is 0 Å². The summed E-state index contributed by atoms with van der Waals surface area (Å²) in [6.45, 7) is 12.1. The lowest BCUT2D eigenvalue weighted by Crippen LogP contribution is -2.60. The van der Waals surface area contributed by atoms with E-state index >= 15 is 0 Å². The van der Waals surface area contributed by atoms with Gasteiger partial charge in [0.05, 0.1) is 11.6 Å². The van der Waals surface area contributed by atoms with Crippen LogP contribution in [0, 0.1) is 11.3 Å². The predicted molar refractivity (Wildman–Crippen MR) is 81.8 cm³/mol. The van der Waals surface area contributed by atoms with Crippen LogP contribution in [0.1, 0.15) is 73.1 Å². The monoisotopic (exact) mass is 270 g/mol. The van der Waals surface area contributed by atoms with E-state index in [2.05, 4.69) is 40.0 Å². The summed E-state index contributed by atoms with van der Waals surface area (Å²) >= 11 is 0. The van der Waals surface area contributed by atoms with Gasteiger partial charge in [-0.05, 0) is 43.9 Å². The topological polar surface area (TPSA) is 47.3 Å². The molecule has 3 nitrogen and oxygen atoms in total. The van der Waals surface area contributed by atoms with Gasteiger partial charge < -0.3 is 4.74 Å². The molecule has 19 heavy (non-hydrogen) atoms. The summed E-state index contributed by atoms with van der Waals surface area (Å²) in [7, 11) is 0. The SMILES string of the molecule is CCOC1(C(NN)C(CC)CC)CCC(C)(C)CC1. The molecular weight excluding hydrogens is 236 g/mol. The Bertz CT molecular complexity index is 251. The lowest BCUT2D eigenvalue weighted by atomic mass is 9.66. The molecule has 1 aliphatic carbocycles. The average Bonchev–Trinajstić information content (AvgIpc) is 2.39. The third-order valence-corrected chi connectivity index (χ3v) is 5.15. The van der Waals surface area contributed by atoms with Crippen LogP contribution in [0.4, 0.5) is 0 Å². The number of hydrogen-bond donors (Lipinski definition) is 2. The molecule has 3 N–H and O–H groups in total. The highest BCUT2D eigenvalue weighted by molar-refractivity contribution is 5.00. The Labute approximate surface area is 119 Å². The van der Waals surface area contributed by atoms with Crippen LogP contribution < -0.4 is 11.3 Å². The fourth-order valence-corrected chi connectivity index (χ4v) is 3.66. The molecule has 0 aromatic rings. The van der Waals surface area contributed by atoms with Crippen molar-refractivity contribution in [1.82, 2.24) is 5.43 Å². The normalized spacial score (nSPS) is 23.5. The van der Waals surface area contributed by atoms with Gasteiger partial charge in [-0.25, -0.2) is 0 Å². The highest BCUT2D eigenvalue weighted by Crippen LogP contribution is 2.45. The van der Waals surface area contributed by atoms with Crippen molar-refractivity contribution >= 4 is 0 Å². The van der Waals surface area contributed by atoms with Crippen molar-refractivity contribution in [3.63, 3.8) is 0 Å². The maximum atomic E-state index is 6.26. The Kier molecular flexibility index (Phi) is 6.28. The standard InChI is InChI=1S/C16H34N2O/c1-6-13(7-2)14(18-17)16(19-8-3)11-9-15(4,5)10-12-16/h13-14,18H,6-12,17H2,1-5H3. The fraction of sp³-hybridized carbons (Fsp3) is 1.00. The predicted octanol–water partition coefficient (Wildman–Crippen LogP) is 3.63. The first-order chi connectivity index (χ1) is 8.94. The first-order valence-electron chi connectivity index (χ1n) is 8.04.